The number of carbonyl (C=O) groups excluding carboxylic acids is 1. The Labute approximate surface area is 155 Å². The molecule has 2 heterocycles. The Kier molecular flexibility index (Phi) is 6.63. The van der Waals surface area contributed by atoms with Crippen LogP contribution in [0.3, 0.4) is 0 Å². The van der Waals surface area contributed by atoms with Crippen molar-refractivity contribution in [3.8, 4) is 0 Å². The zero-order valence-electron chi connectivity index (χ0n) is 15.0. The van der Waals surface area contributed by atoms with Crippen LogP contribution in [0.4, 0.5) is 0 Å². The van der Waals surface area contributed by atoms with Crippen LogP contribution in [-0.2, 0) is 14.8 Å². The van der Waals surface area contributed by atoms with Crippen LogP contribution in [0.2, 0.25) is 0 Å². The number of piperazine rings is 1. The fourth-order valence-corrected chi connectivity index (χ4v) is 4.80. The molecule has 1 aromatic carbocycles. The van der Waals surface area contributed by atoms with Gasteiger partial charge in [0.1, 0.15) is 0 Å². The first kappa shape index (κ1) is 19.3. The molecule has 3 rings (SSSR count). The lowest BCUT2D eigenvalue weighted by Gasteiger charge is -2.29. The van der Waals surface area contributed by atoms with Crippen molar-refractivity contribution in [3.05, 3.63) is 35.9 Å². The molecule has 0 spiro atoms. The number of rotatable bonds is 7. The fourth-order valence-electron chi connectivity index (χ4n) is 3.35. The molecule has 2 aliphatic heterocycles. The molecule has 2 aliphatic rings. The van der Waals surface area contributed by atoms with Crippen LogP contribution < -0.4 is 5.32 Å². The number of ether oxygens (including phenoxy) is 1. The van der Waals surface area contributed by atoms with Crippen molar-refractivity contribution in [3.63, 3.8) is 0 Å². The highest BCUT2D eigenvalue weighted by molar-refractivity contribution is 7.89. The van der Waals surface area contributed by atoms with Crippen LogP contribution in [0, 0.1) is 0 Å². The second-order valence-corrected chi connectivity index (χ2v) is 8.81. The SMILES string of the molecule is O=C(c1ccccc1)N(CCS(=O)(=O)N1CCNCC1)CC1CCCO1. The summed E-state index contributed by atoms with van der Waals surface area (Å²) in [7, 11) is -3.37. The van der Waals surface area contributed by atoms with Gasteiger partial charge in [0.2, 0.25) is 10.0 Å². The third-order valence-corrected chi connectivity index (χ3v) is 6.69. The normalized spacial score (nSPS) is 21.6. The molecule has 144 valence electrons. The van der Waals surface area contributed by atoms with Gasteiger partial charge in [-0.2, -0.15) is 4.31 Å². The zero-order valence-corrected chi connectivity index (χ0v) is 15.8. The Morgan fingerprint density at radius 1 is 1.23 bits per heavy atom. The molecule has 8 heteroatoms. The van der Waals surface area contributed by atoms with E-state index in [4.69, 9.17) is 4.74 Å². The molecule has 0 aromatic heterocycles. The lowest BCUT2D eigenvalue weighted by molar-refractivity contribution is 0.0540. The van der Waals surface area contributed by atoms with Gasteiger partial charge in [-0.3, -0.25) is 4.79 Å². The Morgan fingerprint density at radius 3 is 2.62 bits per heavy atom. The quantitative estimate of drug-likeness (QED) is 0.746. The molecule has 1 unspecified atom stereocenters. The van der Waals surface area contributed by atoms with Crippen molar-refractivity contribution in [2.75, 3.05) is 51.6 Å². The second kappa shape index (κ2) is 8.94. The Morgan fingerprint density at radius 2 is 1.96 bits per heavy atom. The molecule has 2 fully saturated rings. The van der Waals surface area contributed by atoms with E-state index in [9.17, 15) is 13.2 Å². The van der Waals surface area contributed by atoms with Gasteiger partial charge in [0.25, 0.3) is 5.91 Å². The molecule has 1 aromatic rings. The lowest BCUT2D eigenvalue weighted by atomic mass is 10.1. The van der Waals surface area contributed by atoms with Gasteiger partial charge in [0.05, 0.1) is 11.9 Å². The van der Waals surface area contributed by atoms with Crippen LogP contribution in [0.5, 0.6) is 0 Å². The maximum atomic E-state index is 12.9. The molecule has 1 N–H and O–H groups in total. The maximum absolute atomic E-state index is 12.9. The largest absolute Gasteiger partial charge is 0.376 e. The Bertz CT molecular complexity index is 684. The summed E-state index contributed by atoms with van der Waals surface area (Å²) in [5.41, 5.74) is 0.574. The number of carbonyl (C=O) groups is 1. The second-order valence-electron chi connectivity index (χ2n) is 6.72. The summed E-state index contributed by atoms with van der Waals surface area (Å²) in [6.07, 6.45) is 1.88. The Balaban J connectivity index is 1.67. The van der Waals surface area contributed by atoms with Crippen molar-refractivity contribution >= 4 is 15.9 Å². The molecule has 0 aliphatic carbocycles. The van der Waals surface area contributed by atoms with Gasteiger partial charge in [-0.25, -0.2) is 8.42 Å². The molecule has 2 saturated heterocycles. The topological polar surface area (TPSA) is 79.0 Å². The average molecular weight is 381 g/mol. The van der Waals surface area contributed by atoms with E-state index in [-0.39, 0.29) is 24.3 Å². The van der Waals surface area contributed by atoms with Gasteiger partial charge in [-0.15, -0.1) is 0 Å². The molecule has 0 bridgehead atoms. The lowest BCUT2D eigenvalue weighted by Crippen LogP contribution is -2.49. The third-order valence-electron chi connectivity index (χ3n) is 4.84. The number of amides is 1. The van der Waals surface area contributed by atoms with Gasteiger partial charge < -0.3 is 15.0 Å². The maximum Gasteiger partial charge on any atom is 0.253 e. The minimum absolute atomic E-state index is 0.00967. The Hall–Kier alpha value is -1.48. The predicted octanol–water partition coefficient (Wildman–Crippen LogP) is 0.543. The molecule has 1 amide bonds. The van der Waals surface area contributed by atoms with Crippen LogP contribution in [0.25, 0.3) is 0 Å². The van der Waals surface area contributed by atoms with Crippen LogP contribution in [0.15, 0.2) is 30.3 Å². The monoisotopic (exact) mass is 381 g/mol. The minimum Gasteiger partial charge on any atom is -0.376 e. The van der Waals surface area contributed by atoms with Gasteiger partial charge in [0.15, 0.2) is 0 Å². The zero-order chi connectivity index (χ0) is 18.4. The molecule has 0 radical (unpaired) electrons. The van der Waals surface area contributed by atoms with Crippen molar-refractivity contribution in [2.45, 2.75) is 18.9 Å². The van der Waals surface area contributed by atoms with Crippen molar-refractivity contribution in [1.82, 2.24) is 14.5 Å². The molecule has 7 nitrogen and oxygen atoms in total. The summed E-state index contributed by atoms with van der Waals surface area (Å²) in [6, 6.07) is 9.01. The van der Waals surface area contributed by atoms with Crippen LogP contribution in [-0.4, -0.2) is 81.3 Å². The number of hydrogen-bond acceptors (Lipinski definition) is 5. The third kappa shape index (κ3) is 5.03. The summed E-state index contributed by atoms with van der Waals surface area (Å²) < 4.78 is 32.4. The minimum atomic E-state index is -3.37. The standard InChI is InChI=1S/C18H27N3O4S/c22-18(16-5-2-1-3-6-16)20(15-17-7-4-13-25-17)12-14-26(23,24)21-10-8-19-9-11-21/h1-3,5-6,17,19H,4,7-15H2. The number of benzene rings is 1. The van der Waals surface area contributed by atoms with E-state index >= 15 is 0 Å². The highest BCUT2D eigenvalue weighted by Gasteiger charge is 2.28. The van der Waals surface area contributed by atoms with E-state index in [1.807, 2.05) is 18.2 Å². The van der Waals surface area contributed by atoms with Gasteiger partial charge in [-0.05, 0) is 25.0 Å². The first-order valence-electron chi connectivity index (χ1n) is 9.21. The van der Waals surface area contributed by atoms with E-state index < -0.39 is 10.0 Å². The van der Waals surface area contributed by atoms with E-state index in [1.165, 1.54) is 4.31 Å². The van der Waals surface area contributed by atoms with Gasteiger partial charge in [-0.1, -0.05) is 18.2 Å². The van der Waals surface area contributed by atoms with Gasteiger partial charge >= 0.3 is 0 Å². The number of sulfonamides is 1. The average Bonchev–Trinajstić information content (AvgIpc) is 3.19. The summed E-state index contributed by atoms with van der Waals surface area (Å²) in [6.45, 7) is 3.63. The molecule has 1 atom stereocenters. The fraction of sp³-hybridized carbons (Fsp3) is 0.611. The first-order valence-corrected chi connectivity index (χ1v) is 10.8. The van der Waals surface area contributed by atoms with E-state index in [1.54, 1.807) is 17.0 Å². The van der Waals surface area contributed by atoms with Crippen LogP contribution in [0.1, 0.15) is 23.2 Å². The van der Waals surface area contributed by atoms with E-state index in [2.05, 4.69) is 5.32 Å². The summed E-state index contributed by atoms with van der Waals surface area (Å²) in [5, 5.41) is 3.15. The van der Waals surface area contributed by atoms with Crippen LogP contribution >= 0.6 is 0 Å². The molecule has 0 saturated carbocycles. The summed E-state index contributed by atoms with van der Waals surface area (Å²) >= 11 is 0. The summed E-state index contributed by atoms with van der Waals surface area (Å²) in [5.74, 6) is -0.199. The first-order chi connectivity index (χ1) is 12.6. The smallest absolute Gasteiger partial charge is 0.253 e. The molecular weight excluding hydrogens is 354 g/mol. The number of hydrogen-bond donors (Lipinski definition) is 1. The van der Waals surface area contributed by atoms with Crippen molar-refractivity contribution < 1.29 is 17.9 Å². The predicted molar refractivity (Wildman–Crippen MR) is 99.5 cm³/mol. The highest BCUT2D eigenvalue weighted by atomic mass is 32.2. The van der Waals surface area contributed by atoms with E-state index in [0.29, 0.717) is 44.9 Å². The number of nitrogens with one attached hydrogen (secondary N) is 1. The van der Waals surface area contributed by atoms with Gasteiger partial charge in [0, 0.05) is 51.4 Å². The summed E-state index contributed by atoms with van der Waals surface area (Å²) in [4.78, 5) is 14.5. The number of nitrogens with zero attached hydrogens (tertiary/aromatic N) is 2. The molecular formula is C18H27N3O4S. The van der Waals surface area contributed by atoms with Crippen molar-refractivity contribution in [1.29, 1.82) is 0 Å². The molecule has 26 heavy (non-hydrogen) atoms. The van der Waals surface area contributed by atoms with E-state index in [0.717, 1.165) is 12.8 Å². The van der Waals surface area contributed by atoms with Crippen molar-refractivity contribution in [2.24, 2.45) is 0 Å². The highest BCUT2D eigenvalue weighted by Crippen LogP contribution is 2.16.